The minimum atomic E-state index is 0.574. The molecule has 5 nitrogen and oxygen atoms in total. The van der Waals surface area contributed by atoms with E-state index in [2.05, 4.69) is 0 Å². The molecule has 1 aromatic carbocycles. The number of unbranched alkanes of at least 4 members (excludes halogenated alkanes) is 3. The Bertz CT molecular complexity index is 370. The van der Waals surface area contributed by atoms with Crippen molar-refractivity contribution in [2.75, 3.05) is 34.5 Å². The van der Waals surface area contributed by atoms with Crippen LogP contribution in [0.25, 0.3) is 0 Å². The lowest BCUT2D eigenvalue weighted by atomic mass is 10.2. The maximum absolute atomic E-state index is 5.72. The van der Waals surface area contributed by atoms with E-state index in [4.69, 9.17) is 24.7 Å². The van der Waals surface area contributed by atoms with Crippen LogP contribution in [-0.4, -0.2) is 34.5 Å². The van der Waals surface area contributed by atoms with Gasteiger partial charge in [-0.3, -0.25) is 0 Å². The quantitative estimate of drug-likeness (QED) is 0.669. The van der Waals surface area contributed by atoms with Crippen molar-refractivity contribution in [3.63, 3.8) is 0 Å². The summed E-state index contributed by atoms with van der Waals surface area (Å²) in [4.78, 5) is 0. The average molecular weight is 283 g/mol. The molecule has 0 aromatic heterocycles. The molecule has 0 saturated heterocycles. The third kappa shape index (κ3) is 4.81. The van der Waals surface area contributed by atoms with Gasteiger partial charge in [0.1, 0.15) is 5.75 Å². The number of benzene rings is 1. The van der Waals surface area contributed by atoms with Gasteiger partial charge in [-0.1, -0.05) is 12.8 Å². The zero-order valence-corrected chi connectivity index (χ0v) is 12.6. The summed E-state index contributed by atoms with van der Waals surface area (Å²) in [5.74, 6) is 2.50. The van der Waals surface area contributed by atoms with Gasteiger partial charge in [-0.15, -0.1) is 0 Å². The van der Waals surface area contributed by atoms with Gasteiger partial charge in [0.05, 0.1) is 27.9 Å². The molecule has 114 valence electrons. The Morgan fingerprint density at radius 1 is 0.850 bits per heavy atom. The second-order valence-corrected chi connectivity index (χ2v) is 4.41. The van der Waals surface area contributed by atoms with Crippen LogP contribution < -0.4 is 24.7 Å². The first-order chi connectivity index (χ1) is 9.76. The Morgan fingerprint density at radius 3 is 1.95 bits per heavy atom. The fraction of sp³-hybridized carbons (Fsp3) is 0.600. The number of rotatable bonds is 10. The van der Waals surface area contributed by atoms with E-state index < -0.39 is 0 Å². The fourth-order valence-corrected chi connectivity index (χ4v) is 1.93. The van der Waals surface area contributed by atoms with Crippen LogP contribution in [0, 0.1) is 0 Å². The Kier molecular flexibility index (Phi) is 7.65. The van der Waals surface area contributed by atoms with E-state index in [1.165, 1.54) is 0 Å². The molecule has 1 rings (SSSR count). The third-order valence-corrected chi connectivity index (χ3v) is 3.01. The monoisotopic (exact) mass is 283 g/mol. The van der Waals surface area contributed by atoms with Crippen molar-refractivity contribution < 1.29 is 18.9 Å². The standard InChI is InChI=1S/C15H25NO4/c1-17-13-10-12(11-14(18-2)15(13)19-3)20-9-7-5-4-6-8-16/h10-11H,4-9,16H2,1-3H3. The van der Waals surface area contributed by atoms with Gasteiger partial charge in [0.2, 0.25) is 5.75 Å². The van der Waals surface area contributed by atoms with Crippen LogP contribution in [0.2, 0.25) is 0 Å². The van der Waals surface area contributed by atoms with Gasteiger partial charge in [0.15, 0.2) is 11.5 Å². The summed E-state index contributed by atoms with van der Waals surface area (Å²) in [7, 11) is 4.76. The van der Waals surface area contributed by atoms with Crippen molar-refractivity contribution in [1.29, 1.82) is 0 Å². The second kappa shape index (κ2) is 9.31. The van der Waals surface area contributed by atoms with Crippen LogP contribution in [0.3, 0.4) is 0 Å². The first-order valence-electron chi connectivity index (χ1n) is 6.89. The molecule has 20 heavy (non-hydrogen) atoms. The minimum absolute atomic E-state index is 0.574. The molecular weight excluding hydrogens is 258 g/mol. The Hall–Kier alpha value is -1.62. The Morgan fingerprint density at radius 2 is 1.45 bits per heavy atom. The summed E-state index contributed by atoms with van der Waals surface area (Å²) in [5, 5.41) is 0. The highest BCUT2D eigenvalue weighted by molar-refractivity contribution is 5.55. The summed E-state index contributed by atoms with van der Waals surface area (Å²) in [6, 6.07) is 3.61. The average Bonchev–Trinajstić information content (AvgIpc) is 2.49. The van der Waals surface area contributed by atoms with Crippen molar-refractivity contribution in [3.8, 4) is 23.0 Å². The predicted molar refractivity (Wildman–Crippen MR) is 79.1 cm³/mol. The maximum atomic E-state index is 5.72. The lowest BCUT2D eigenvalue weighted by molar-refractivity contribution is 0.291. The molecule has 0 unspecified atom stereocenters. The Labute approximate surface area is 121 Å². The second-order valence-electron chi connectivity index (χ2n) is 4.41. The molecule has 0 spiro atoms. The number of nitrogens with two attached hydrogens (primary N) is 1. The summed E-state index contributed by atoms with van der Waals surface area (Å²) in [5.41, 5.74) is 5.45. The van der Waals surface area contributed by atoms with E-state index in [1.807, 2.05) is 0 Å². The number of hydrogen-bond donors (Lipinski definition) is 1. The molecule has 0 fully saturated rings. The normalized spacial score (nSPS) is 10.2. The molecule has 1 aromatic rings. The minimum Gasteiger partial charge on any atom is -0.493 e. The molecule has 0 heterocycles. The van der Waals surface area contributed by atoms with E-state index in [9.17, 15) is 0 Å². The highest BCUT2D eigenvalue weighted by Gasteiger charge is 2.13. The Balaban J connectivity index is 2.57. The van der Waals surface area contributed by atoms with Gasteiger partial charge in [-0.2, -0.15) is 0 Å². The van der Waals surface area contributed by atoms with Crippen LogP contribution in [0.15, 0.2) is 12.1 Å². The summed E-state index contributed by atoms with van der Waals surface area (Å²) >= 11 is 0. The highest BCUT2D eigenvalue weighted by atomic mass is 16.5. The summed E-state index contributed by atoms with van der Waals surface area (Å²) in [6.45, 7) is 1.43. The van der Waals surface area contributed by atoms with Gasteiger partial charge >= 0.3 is 0 Å². The molecule has 0 aliphatic rings. The zero-order chi connectivity index (χ0) is 14.8. The van der Waals surface area contributed by atoms with Crippen LogP contribution in [0.5, 0.6) is 23.0 Å². The van der Waals surface area contributed by atoms with Crippen LogP contribution in [0.1, 0.15) is 25.7 Å². The smallest absolute Gasteiger partial charge is 0.203 e. The van der Waals surface area contributed by atoms with E-state index >= 15 is 0 Å². The van der Waals surface area contributed by atoms with Crippen LogP contribution in [-0.2, 0) is 0 Å². The molecule has 0 radical (unpaired) electrons. The summed E-state index contributed by atoms with van der Waals surface area (Å²) < 4.78 is 21.5. The molecule has 2 N–H and O–H groups in total. The topological polar surface area (TPSA) is 62.9 Å². The first-order valence-corrected chi connectivity index (χ1v) is 6.89. The zero-order valence-electron chi connectivity index (χ0n) is 12.6. The number of ether oxygens (including phenoxy) is 4. The van der Waals surface area contributed by atoms with Crippen molar-refractivity contribution in [3.05, 3.63) is 12.1 Å². The lowest BCUT2D eigenvalue weighted by Gasteiger charge is -2.14. The van der Waals surface area contributed by atoms with Crippen LogP contribution >= 0.6 is 0 Å². The van der Waals surface area contributed by atoms with Crippen LogP contribution in [0.4, 0.5) is 0 Å². The van der Waals surface area contributed by atoms with Gasteiger partial charge in [0.25, 0.3) is 0 Å². The highest BCUT2D eigenvalue weighted by Crippen LogP contribution is 2.40. The third-order valence-electron chi connectivity index (χ3n) is 3.01. The van der Waals surface area contributed by atoms with E-state index in [-0.39, 0.29) is 0 Å². The fourth-order valence-electron chi connectivity index (χ4n) is 1.93. The van der Waals surface area contributed by atoms with Crippen molar-refractivity contribution in [1.82, 2.24) is 0 Å². The van der Waals surface area contributed by atoms with Gasteiger partial charge in [-0.05, 0) is 19.4 Å². The molecule has 5 heteroatoms. The van der Waals surface area contributed by atoms with E-state index in [0.29, 0.717) is 23.9 Å². The van der Waals surface area contributed by atoms with Crippen molar-refractivity contribution in [2.24, 2.45) is 5.73 Å². The SMILES string of the molecule is COc1cc(OCCCCCCN)cc(OC)c1OC. The van der Waals surface area contributed by atoms with Gasteiger partial charge < -0.3 is 24.7 Å². The molecule has 0 bridgehead atoms. The lowest BCUT2D eigenvalue weighted by Crippen LogP contribution is -2.01. The molecular formula is C15H25NO4. The van der Waals surface area contributed by atoms with E-state index in [1.54, 1.807) is 33.5 Å². The first kappa shape index (κ1) is 16.4. The number of methoxy groups -OCH3 is 3. The van der Waals surface area contributed by atoms with Crippen molar-refractivity contribution >= 4 is 0 Å². The van der Waals surface area contributed by atoms with Crippen molar-refractivity contribution in [2.45, 2.75) is 25.7 Å². The largest absolute Gasteiger partial charge is 0.493 e. The molecule has 0 aliphatic carbocycles. The molecule has 0 aliphatic heterocycles. The molecule has 0 atom stereocenters. The molecule has 0 amide bonds. The van der Waals surface area contributed by atoms with Gasteiger partial charge in [-0.25, -0.2) is 0 Å². The molecule has 0 saturated carbocycles. The van der Waals surface area contributed by atoms with Gasteiger partial charge in [0, 0.05) is 12.1 Å². The predicted octanol–water partition coefficient (Wildman–Crippen LogP) is 2.61. The number of hydrogen-bond acceptors (Lipinski definition) is 5. The maximum Gasteiger partial charge on any atom is 0.203 e. The summed E-state index contributed by atoms with van der Waals surface area (Å²) in [6.07, 6.45) is 4.36. The van der Waals surface area contributed by atoms with E-state index in [0.717, 1.165) is 38.0 Å².